The third-order valence-electron chi connectivity index (χ3n) is 13.2. The number of benzene rings is 12. The highest BCUT2D eigenvalue weighted by Gasteiger charge is 2.23. The Hall–Kier alpha value is -8.98. The van der Waals surface area contributed by atoms with E-state index in [1.165, 1.54) is 60.3 Å². The molecule has 0 heterocycles. The Morgan fingerprint density at radius 1 is 0.206 bits per heavy atom. The smallest absolute Gasteiger partial charge is 0.0541 e. The molecular weight excluding hydrogens is 821 g/mol. The lowest BCUT2D eigenvalue weighted by molar-refractivity contribution is 1.28. The second-order valence-corrected chi connectivity index (χ2v) is 17.3. The summed E-state index contributed by atoms with van der Waals surface area (Å²) in [5, 5.41) is 7.30. The van der Waals surface area contributed by atoms with Crippen molar-refractivity contribution in [3.8, 4) is 44.5 Å². The van der Waals surface area contributed by atoms with Crippen LogP contribution in [0.2, 0.25) is 0 Å². The lowest BCUT2D eigenvalue weighted by atomic mass is 9.89. The van der Waals surface area contributed by atoms with Crippen LogP contribution < -0.4 is 9.80 Å². The summed E-state index contributed by atoms with van der Waals surface area (Å²) < 4.78 is 0. The Morgan fingerprint density at radius 3 is 1.13 bits per heavy atom. The molecule has 0 radical (unpaired) electrons. The van der Waals surface area contributed by atoms with E-state index in [0.29, 0.717) is 0 Å². The van der Waals surface area contributed by atoms with Gasteiger partial charge in [0.15, 0.2) is 0 Å². The molecule has 0 aliphatic heterocycles. The normalized spacial score (nSPS) is 11.2. The van der Waals surface area contributed by atoms with Gasteiger partial charge in [-0.15, -0.1) is 0 Å². The van der Waals surface area contributed by atoms with E-state index in [2.05, 4.69) is 289 Å². The van der Waals surface area contributed by atoms with Gasteiger partial charge in [-0.05, 0) is 138 Å². The first-order chi connectivity index (χ1) is 33.7. The van der Waals surface area contributed by atoms with E-state index in [-0.39, 0.29) is 0 Å². The van der Waals surface area contributed by atoms with Crippen LogP contribution in [0.25, 0.3) is 76.8 Å². The van der Waals surface area contributed by atoms with E-state index < -0.39 is 0 Å². The summed E-state index contributed by atoms with van der Waals surface area (Å²) in [5.41, 5.74) is 15.9. The highest BCUT2D eigenvalue weighted by atomic mass is 15.2. The molecule has 0 aliphatic rings. The van der Waals surface area contributed by atoms with Gasteiger partial charge in [-0.25, -0.2) is 0 Å². The number of hydrogen-bond acceptors (Lipinski definition) is 2. The van der Waals surface area contributed by atoms with Crippen molar-refractivity contribution in [1.82, 2.24) is 0 Å². The van der Waals surface area contributed by atoms with Crippen molar-refractivity contribution in [2.24, 2.45) is 0 Å². The number of para-hydroxylation sites is 2. The second kappa shape index (κ2) is 17.8. The lowest BCUT2D eigenvalue weighted by Crippen LogP contribution is -2.12. The maximum Gasteiger partial charge on any atom is 0.0541 e. The van der Waals surface area contributed by atoms with E-state index in [4.69, 9.17) is 0 Å². The molecular formula is C66H46N2. The molecule has 0 aromatic heterocycles. The zero-order chi connectivity index (χ0) is 45.2. The predicted molar refractivity (Wildman–Crippen MR) is 290 cm³/mol. The van der Waals surface area contributed by atoms with Crippen LogP contribution in [0.3, 0.4) is 0 Å². The third kappa shape index (κ3) is 7.54. The molecule has 12 aromatic rings. The molecule has 12 aromatic carbocycles. The van der Waals surface area contributed by atoms with Gasteiger partial charge in [0.1, 0.15) is 0 Å². The van der Waals surface area contributed by atoms with E-state index in [1.807, 2.05) is 0 Å². The van der Waals surface area contributed by atoms with Gasteiger partial charge in [0.05, 0.1) is 5.69 Å². The maximum absolute atomic E-state index is 2.42. The average Bonchev–Trinajstić information content (AvgIpc) is 3.42. The van der Waals surface area contributed by atoms with Gasteiger partial charge in [-0.1, -0.05) is 212 Å². The van der Waals surface area contributed by atoms with Gasteiger partial charge >= 0.3 is 0 Å². The fourth-order valence-corrected chi connectivity index (χ4v) is 10.0. The van der Waals surface area contributed by atoms with Gasteiger partial charge in [0, 0.05) is 33.8 Å². The largest absolute Gasteiger partial charge is 0.310 e. The van der Waals surface area contributed by atoms with Gasteiger partial charge in [-0.3, -0.25) is 0 Å². The van der Waals surface area contributed by atoms with E-state index in [1.54, 1.807) is 0 Å². The predicted octanol–water partition coefficient (Wildman–Crippen LogP) is 18.8. The summed E-state index contributed by atoms with van der Waals surface area (Å²) in [5.74, 6) is 0. The second-order valence-electron chi connectivity index (χ2n) is 17.3. The highest BCUT2D eigenvalue weighted by molar-refractivity contribution is 6.15. The van der Waals surface area contributed by atoms with E-state index >= 15 is 0 Å². The fourth-order valence-electron chi connectivity index (χ4n) is 10.0. The molecule has 0 saturated heterocycles. The Labute approximate surface area is 397 Å². The molecule has 0 spiro atoms. The van der Waals surface area contributed by atoms with Crippen molar-refractivity contribution in [2.75, 3.05) is 9.80 Å². The van der Waals surface area contributed by atoms with Gasteiger partial charge in [0.2, 0.25) is 0 Å². The number of anilines is 6. The first kappa shape index (κ1) is 40.5. The van der Waals surface area contributed by atoms with Crippen molar-refractivity contribution in [1.29, 1.82) is 0 Å². The van der Waals surface area contributed by atoms with Crippen LogP contribution >= 0.6 is 0 Å². The summed E-state index contributed by atoms with van der Waals surface area (Å²) in [7, 11) is 0. The minimum atomic E-state index is 1.06. The number of hydrogen-bond donors (Lipinski definition) is 0. The van der Waals surface area contributed by atoms with Crippen molar-refractivity contribution in [3.63, 3.8) is 0 Å². The van der Waals surface area contributed by atoms with Crippen LogP contribution in [0.5, 0.6) is 0 Å². The van der Waals surface area contributed by atoms with Crippen molar-refractivity contribution >= 4 is 66.4 Å². The van der Waals surface area contributed by atoms with E-state index in [0.717, 1.165) is 50.6 Å². The Morgan fingerprint density at radius 2 is 0.603 bits per heavy atom. The van der Waals surface area contributed by atoms with Gasteiger partial charge in [0.25, 0.3) is 0 Å². The van der Waals surface area contributed by atoms with Crippen LogP contribution in [-0.4, -0.2) is 0 Å². The topological polar surface area (TPSA) is 6.48 Å². The molecule has 0 bridgehead atoms. The summed E-state index contributed by atoms with van der Waals surface area (Å²) >= 11 is 0. The highest BCUT2D eigenvalue weighted by Crippen LogP contribution is 2.49. The molecule has 0 aliphatic carbocycles. The quantitative estimate of drug-likeness (QED) is 0.135. The fraction of sp³-hybridized carbons (Fsp3) is 0. The van der Waals surface area contributed by atoms with Gasteiger partial charge < -0.3 is 9.80 Å². The van der Waals surface area contributed by atoms with Crippen LogP contribution in [-0.2, 0) is 0 Å². The van der Waals surface area contributed by atoms with Crippen LogP contribution in [0.1, 0.15) is 0 Å². The Kier molecular flexibility index (Phi) is 10.6. The molecule has 0 fully saturated rings. The number of rotatable bonds is 10. The zero-order valence-corrected chi connectivity index (χ0v) is 37.5. The number of nitrogens with zero attached hydrogens (tertiary/aromatic N) is 2. The first-order valence-electron chi connectivity index (χ1n) is 23.3. The van der Waals surface area contributed by atoms with Gasteiger partial charge in [-0.2, -0.15) is 0 Å². The molecule has 2 nitrogen and oxygen atoms in total. The molecule has 320 valence electrons. The Bertz CT molecular complexity index is 3690. The molecule has 2 heteroatoms. The summed E-state index contributed by atoms with van der Waals surface area (Å²) in [6.45, 7) is 0. The maximum atomic E-state index is 2.42. The van der Waals surface area contributed by atoms with E-state index in [9.17, 15) is 0 Å². The summed E-state index contributed by atoms with van der Waals surface area (Å²) in [6, 6.07) is 101. The SMILES string of the molecule is c1ccc(-c2ccc(N(c3ccccc3)c3ccc(-c4cccc5ccccc45)cc3)c3cc(N(c4ccccc4)c4ccc(-c5cccc6ccccc56)cc4)cc(-c4ccccc4)c23)cc1. The monoisotopic (exact) mass is 866 g/mol. The standard InChI is InChI=1S/C66H46N2/c1-5-19-49(20-6-1)62-43-44-65(68(54-29-11-4-12-30-54)56-41-37-52(38-42-56)61-34-18-26-48-24-14-16-32-59(48)61)64-46-57(45-63(66(62)64)50-21-7-2-8-22-50)67(53-27-9-3-10-28-53)55-39-35-51(36-40-55)60-33-17-25-47-23-13-15-31-58(47)60/h1-46H. The molecule has 0 atom stereocenters. The molecule has 0 saturated carbocycles. The summed E-state index contributed by atoms with van der Waals surface area (Å²) in [6.07, 6.45) is 0. The Balaban J connectivity index is 1.10. The molecule has 12 rings (SSSR count). The third-order valence-corrected chi connectivity index (χ3v) is 13.2. The first-order valence-corrected chi connectivity index (χ1v) is 23.3. The molecule has 0 unspecified atom stereocenters. The van der Waals surface area contributed by atoms with Crippen LogP contribution in [0.15, 0.2) is 279 Å². The van der Waals surface area contributed by atoms with Crippen LogP contribution in [0, 0.1) is 0 Å². The van der Waals surface area contributed by atoms with Crippen molar-refractivity contribution < 1.29 is 0 Å². The van der Waals surface area contributed by atoms with Crippen LogP contribution in [0.4, 0.5) is 34.1 Å². The van der Waals surface area contributed by atoms with Crippen molar-refractivity contribution in [3.05, 3.63) is 279 Å². The average molecular weight is 867 g/mol. The molecule has 0 amide bonds. The molecule has 68 heavy (non-hydrogen) atoms. The number of fused-ring (bicyclic) bond motifs is 3. The minimum absolute atomic E-state index is 1.06. The minimum Gasteiger partial charge on any atom is -0.310 e. The summed E-state index contributed by atoms with van der Waals surface area (Å²) in [4.78, 5) is 4.83. The van der Waals surface area contributed by atoms with Crippen molar-refractivity contribution in [2.45, 2.75) is 0 Å². The lowest BCUT2D eigenvalue weighted by Gasteiger charge is -2.31. The molecule has 0 N–H and O–H groups in total. The zero-order valence-electron chi connectivity index (χ0n) is 37.5.